The van der Waals surface area contributed by atoms with Crippen LogP contribution in [0, 0.1) is 5.92 Å². The Morgan fingerprint density at radius 1 is 1.29 bits per heavy atom. The Morgan fingerprint density at radius 2 is 2.08 bits per heavy atom. The second-order valence-electron chi connectivity index (χ2n) is 6.26. The molecule has 0 aliphatic rings. The van der Waals surface area contributed by atoms with Crippen LogP contribution in [-0.4, -0.2) is 32.4 Å². The van der Waals surface area contributed by atoms with Crippen molar-refractivity contribution in [3.63, 3.8) is 0 Å². The third kappa shape index (κ3) is 3.08. The molecule has 24 heavy (non-hydrogen) atoms. The van der Waals surface area contributed by atoms with E-state index in [1.54, 1.807) is 29.2 Å². The Kier molecular flexibility index (Phi) is 4.20. The van der Waals surface area contributed by atoms with Gasteiger partial charge in [0.05, 0.1) is 11.8 Å². The minimum atomic E-state index is -0.942. The SMILES string of the molecule is CC(C)CNc1ncc(-c2cnn(C)c2)c2cc(C(=O)O)ccc12. The highest BCUT2D eigenvalue weighted by Crippen LogP contribution is 2.32. The molecule has 6 heteroatoms. The smallest absolute Gasteiger partial charge is 0.335 e. The first kappa shape index (κ1) is 16.0. The van der Waals surface area contributed by atoms with Crippen molar-refractivity contribution in [1.82, 2.24) is 14.8 Å². The second kappa shape index (κ2) is 6.31. The zero-order valence-corrected chi connectivity index (χ0v) is 13.9. The Bertz CT molecular complexity index is 899. The van der Waals surface area contributed by atoms with Crippen molar-refractivity contribution in [1.29, 1.82) is 0 Å². The summed E-state index contributed by atoms with van der Waals surface area (Å²) >= 11 is 0. The molecule has 1 aromatic carbocycles. The average Bonchev–Trinajstić information content (AvgIpc) is 2.98. The molecule has 2 N–H and O–H groups in total. The summed E-state index contributed by atoms with van der Waals surface area (Å²) in [6, 6.07) is 5.12. The van der Waals surface area contributed by atoms with E-state index in [2.05, 4.69) is 29.2 Å². The highest BCUT2D eigenvalue weighted by Gasteiger charge is 2.13. The third-order valence-electron chi connectivity index (χ3n) is 3.83. The van der Waals surface area contributed by atoms with E-state index in [9.17, 15) is 9.90 Å². The molecule has 0 aliphatic carbocycles. The molecule has 0 fully saturated rings. The summed E-state index contributed by atoms with van der Waals surface area (Å²) < 4.78 is 1.72. The number of aryl methyl sites for hydroxylation is 1. The maximum atomic E-state index is 11.3. The number of carboxylic acid groups (broad SMARTS) is 1. The van der Waals surface area contributed by atoms with Gasteiger partial charge in [-0.1, -0.05) is 13.8 Å². The number of aromatic carboxylic acids is 1. The summed E-state index contributed by atoms with van der Waals surface area (Å²) in [5.41, 5.74) is 2.04. The summed E-state index contributed by atoms with van der Waals surface area (Å²) in [5.74, 6) is 0.309. The minimum absolute atomic E-state index is 0.258. The summed E-state index contributed by atoms with van der Waals surface area (Å²) in [5, 5.41) is 18.6. The quantitative estimate of drug-likeness (QED) is 0.752. The number of fused-ring (bicyclic) bond motifs is 1. The number of anilines is 1. The topological polar surface area (TPSA) is 80.0 Å². The zero-order valence-electron chi connectivity index (χ0n) is 13.9. The number of hydrogen-bond donors (Lipinski definition) is 2. The lowest BCUT2D eigenvalue weighted by atomic mass is 10.0. The molecule has 0 aliphatic heterocycles. The average molecular weight is 324 g/mol. The number of pyridine rings is 1. The van der Waals surface area contributed by atoms with Gasteiger partial charge in [0, 0.05) is 42.5 Å². The van der Waals surface area contributed by atoms with Crippen molar-refractivity contribution >= 4 is 22.6 Å². The van der Waals surface area contributed by atoms with Crippen LogP contribution in [0.2, 0.25) is 0 Å². The molecule has 0 spiro atoms. The molecule has 0 unspecified atom stereocenters. The first-order valence-corrected chi connectivity index (χ1v) is 7.84. The van der Waals surface area contributed by atoms with Gasteiger partial charge in [-0.3, -0.25) is 4.68 Å². The van der Waals surface area contributed by atoms with Crippen molar-refractivity contribution in [2.75, 3.05) is 11.9 Å². The maximum absolute atomic E-state index is 11.3. The standard InChI is InChI=1S/C18H20N4O2/c1-11(2)7-19-17-14-5-4-12(18(23)24)6-15(14)16(9-20-17)13-8-21-22(3)10-13/h4-6,8-11H,7H2,1-3H3,(H,19,20)(H,23,24). The largest absolute Gasteiger partial charge is 0.478 e. The Morgan fingerprint density at radius 3 is 2.71 bits per heavy atom. The van der Waals surface area contributed by atoms with Crippen LogP contribution < -0.4 is 5.32 Å². The number of nitrogens with zero attached hydrogens (tertiary/aromatic N) is 3. The van der Waals surface area contributed by atoms with E-state index in [4.69, 9.17) is 0 Å². The number of aromatic nitrogens is 3. The number of hydrogen-bond acceptors (Lipinski definition) is 4. The van der Waals surface area contributed by atoms with Crippen LogP contribution in [0.1, 0.15) is 24.2 Å². The fourth-order valence-corrected chi connectivity index (χ4v) is 2.61. The minimum Gasteiger partial charge on any atom is -0.478 e. The predicted molar refractivity (Wildman–Crippen MR) is 94.2 cm³/mol. The molecule has 0 saturated heterocycles. The summed E-state index contributed by atoms with van der Waals surface area (Å²) in [4.78, 5) is 15.9. The van der Waals surface area contributed by atoms with E-state index >= 15 is 0 Å². The predicted octanol–water partition coefficient (Wildman–Crippen LogP) is 3.40. The van der Waals surface area contributed by atoms with E-state index in [1.807, 2.05) is 19.3 Å². The van der Waals surface area contributed by atoms with Gasteiger partial charge < -0.3 is 10.4 Å². The first-order chi connectivity index (χ1) is 11.5. The molecule has 124 valence electrons. The lowest BCUT2D eigenvalue weighted by Gasteiger charge is -2.13. The third-order valence-corrected chi connectivity index (χ3v) is 3.83. The van der Waals surface area contributed by atoms with E-state index in [0.717, 1.165) is 34.3 Å². The Labute approximate surface area is 140 Å². The molecular weight excluding hydrogens is 304 g/mol. The molecular formula is C18H20N4O2. The maximum Gasteiger partial charge on any atom is 0.335 e. The van der Waals surface area contributed by atoms with E-state index in [-0.39, 0.29) is 5.56 Å². The molecule has 6 nitrogen and oxygen atoms in total. The van der Waals surface area contributed by atoms with Crippen LogP contribution >= 0.6 is 0 Å². The van der Waals surface area contributed by atoms with Crippen LogP contribution in [0.25, 0.3) is 21.9 Å². The van der Waals surface area contributed by atoms with Gasteiger partial charge in [0.2, 0.25) is 0 Å². The van der Waals surface area contributed by atoms with Gasteiger partial charge in [-0.05, 0) is 29.5 Å². The fourth-order valence-electron chi connectivity index (χ4n) is 2.61. The molecule has 0 radical (unpaired) electrons. The van der Waals surface area contributed by atoms with Crippen molar-refractivity contribution in [3.05, 3.63) is 42.4 Å². The molecule has 0 saturated carbocycles. The van der Waals surface area contributed by atoms with Crippen molar-refractivity contribution in [2.24, 2.45) is 13.0 Å². The van der Waals surface area contributed by atoms with Crippen LogP contribution in [0.3, 0.4) is 0 Å². The molecule has 3 rings (SSSR count). The van der Waals surface area contributed by atoms with Crippen LogP contribution in [-0.2, 0) is 7.05 Å². The van der Waals surface area contributed by atoms with Crippen molar-refractivity contribution in [3.8, 4) is 11.1 Å². The van der Waals surface area contributed by atoms with Crippen molar-refractivity contribution < 1.29 is 9.90 Å². The van der Waals surface area contributed by atoms with Gasteiger partial charge in [0.1, 0.15) is 5.82 Å². The molecule has 2 heterocycles. The molecule has 0 bridgehead atoms. The first-order valence-electron chi connectivity index (χ1n) is 7.84. The summed E-state index contributed by atoms with van der Waals surface area (Å²) in [7, 11) is 1.85. The fraction of sp³-hybridized carbons (Fsp3) is 0.278. The lowest BCUT2D eigenvalue weighted by molar-refractivity contribution is 0.0697. The van der Waals surface area contributed by atoms with E-state index in [0.29, 0.717) is 5.92 Å². The van der Waals surface area contributed by atoms with Gasteiger partial charge in [-0.2, -0.15) is 5.10 Å². The molecule has 0 atom stereocenters. The zero-order chi connectivity index (χ0) is 17.3. The highest BCUT2D eigenvalue weighted by atomic mass is 16.4. The van der Waals surface area contributed by atoms with E-state index < -0.39 is 5.97 Å². The van der Waals surface area contributed by atoms with Gasteiger partial charge in [-0.15, -0.1) is 0 Å². The Balaban J connectivity index is 2.19. The number of carbonyl (C=O) groups is 1. The number of rotatable bonds is 5. The van der Waals surface area contributed by atoms with E-state index in [1.165, 1.54) is 0 Å². The number of nitrogens with one attached hydrogen (secondary N) is 1. The van der Waals surface area contributed by atoms with Crippen LogP contribution in [0.15, 0.2) is 36.8 Å². The summed E-state index contributed by atoms with van der Waals surface area (Å²) in [6.45, 7) is 5.05. The lowest BCUT2D eigenvalue weighted by Crippen LogP contribution is -2.09. The van der Waals surface area contributed by atoms with Gasteiger partial charge in [0.25, 0.3) is 0 Å². The van der Waals surface area contributed by atoms with Gasteiger partial charge >= 0.3 is 5.97 Å². The highest BCUT2D eigenvalue weighted by molar-refractivity contribution is 6.04. The number of benzene rings is 1. The molecule has 3 aromatic rings. The van der Waals surface area contributed by atoms with Crippen LogP contribution in [0.5, 0.6) is 0 Å². The van der Waals surface area contributed by atoms with Crippen LogP contribution in [0.4, 0.5) is 5.82 Å². The van der Waals surface area contributed by atoms with Crippen molar-refractivity contribution in [2.45, 2.75) is 13.8 Å². The van der Waals surface area contributed by atoms with Gasteiger partial charge in [0.15, 0.2) is 0 Å². The van der Waals surface area contributed by atoms with Gasteiger partial charge in [-0.25, -0.2) is 9.78 Å². The second-order valence-corrected chi connectivity index (χ2v) is 6.26. The number of carboxylic acids is 1. The normalized spacial score (nSPS) is 11.2. The molecule has 0 amide bonds. The monoisotopic (exact) mass is 324 g/mol. The Hall–Kier alpha value is -2.89. The summed E-state index contributed by atoms with van der Waals surface area (Å²) in [6.07, 6.45) is 5.42. The molecule has 2 aromatic heterocycles.